The zero-order valence-electron chi connectivity index (χ0n) is 21.0. The van der Waals surface area contributed by atoms with Gasteiger partial charge in [0.2, 0.25) is 0 Å². The van der Waals surface area contributed by atoms with Crippen LogP contribution in [0.2, 0.25) is 0 Å². The normalized spacial score (nSPS) is 11.5. The fraction of sp³-hybridized carbons (Fsp3) is 0.481. The summed E-state index contributed by atoms with van der Waals surface area (Å²) in [7, 11) is 1.59. The van der Waals surface area contributed by atoms with E-state index >= 15 is 0 Å². The van der Waals surface area contributed by atoms with E-state index in [4.69, 9.17) is 14.2 Å². The average Bonchev–Trinajstić information content (AvgIpc) is 2.86. The molecule has 2 aromatic rings. The number of carboxylic acids is 1. The Morgan fingerprint density at radius 1 is 1.00 bits per heavy atom. The number of methoxy groups -OCH3 is 1. The van der Waals surface area contributed by atoms with Crippen LogP contribution < -0.4 is 14.8 Å². The molecule has 0 saturated heterocycles. The van der Waals surface area contributed by atoms with Gasteiger partial charge in [0.1, 0.15) is 18.1 Å². The van der Waals surface area contributed by atoms with E-state index < -0.39 is 12.1 Å². The number of rotatable bonds is 16. The van der Waals surface area contributed by atoms with Gasteiger partial charge in [-0.25, -0.2) is 9.59 Å². The molecule has 35 heavy (non-hydrogen) atoms. The van der Waals surface area contributed by atoms with Crippen molar-refractivity contribution in [2.45, 2.75) is 52.1 Å². The molecule has 0 aliphatic carbocycles. The van der Waals surface area contributed by atoms with Crippen LogP contribution in [0.5, 0.6) is 11.5 Å². The minimum absolute atomic E-state index is 0.177. The van der Waals surface area contributed by atoms with Crippen molar-refractivity contribution in [1.82, 2.24) is 4.90 Å². The largest absolute Gasteiger partial charge is 0.497 e. The van der Waals surface area contributed by atoms with Gasteiger partial charge in [-0.3, -0.25) is 0 Å². The quantitative estimate of drug-likeness (QED) is 0.316. The summed E-state index contributed by atoms with van der Waals surface area (Å²) in [6.07, 6.45) is 3.70. The van der Waals surface area contributed by atoms with Crippen molar-refractivity contribution >= 4 is 17.7 Å². The molecule has 2 amide bonds. The average molecular weight is 487 g/mol. The molecule has 0 bridgehead atoms. The number of aliphatic carboxylic acids is 1. The van der Waals surface area contributed by atoms with Gasteiger partial charge in [-0.1, -0.05) is 44.4 Å². The van der Waals surface area contributed by atoms with E-state index in [9.17, 15) is 14.7 Å². The molecule has 8 nitrogen and oxygen atoms in total. The van der Waals surface area contributed by atoms with Crippen molar-refractivity contribution in [2.75, 3.05) is 38.7 Å². The van der Waals surface area contributed by atoms with Crippen LogP contribution in [-0.4, -0.2) is 61.5 Å². The van der Waals surface area contributed by atoms with E-state index in [2.05, 4.69) is 12.2 Å². The lowest BCUT2D eigenvalue weighted by Gasteiger charge is -2.23. The Morgan fingerprint density at radius 3 is 2.43 bits per heavy atom. The number of hydrogen-bond donors (Lipinski definition) is 2. The Bertz CT molecular complexity index is 903. The smallest absolute Gasteiger partial charge is 0.333 e. The van der Waals surface area contributed by atoms with Gasteiger partial charge in [-0.15, -0.1) is 0 Å². The van der Waals surface area contributed by atoms with E-state index in [-0.39, 0.29) is 6.03 Å². The summed E-state index contributed by atoms with van der Waals surface area (Å²) in [5, 5.41) is 12.2. The number of nitrogens with zero attached hydrogens (tertiary/aromatic N) is 1. The lowest BCUT2D eigenvalue weighted by Crippen LogP contribution is -2.38. The molecule has 0 aromatic heterocycles. The maximum absolute atomic E-state index is 12.9. The number of carboxylic acid groups (broad SMARTS) is 1. The molecule has 0 saturated carbocycles. The van der Waals surface area contributed by atoms with E-state index in [1.54, 1.807) is 25.0 Å². The van der Waals surface area contributed by atoms with Crippen molar-refractivity contribution in [3.8, 4) is 11.5 Å². The van der Waals surface area contributed by atoms with E-state index in [1.807, 2.05) is 42.5 Å². The van der Waals surface area contributed by atoms with Gasteiger partial charge in [0.05, 0.1) is 13.7 Å². The molecular weight excluding hydrogens is 448 g/mol. The first-order chi connectivity index (χ1) is 17.0. The van der Waals surface area contributed by atoms with E-state index in [0.717, 1.165) is 31.2 Å². The number of carbonyl (C=O) groups is 2. The van der Waals surface area contributed by atoms with Gasteiger partial charge in [0.25, 0.3) is 0 Å². The van der Waals surface area contributed by atoms with Crippen LogP contribution >= 0.6 is 0 Å². The number of amides is 2. The first-order valence-corrected chi connectivity index (χ1v) is 12.2. The van der Waals surface area contributed by atoms with Crippen molar-refractivity contribution < 1.29 is 28.9 Å². The Hall–Kier alpha value is -3.26. The molecule has 0 aliphatic heterocycles. The van der Waals surface area contributed by atoms with Crippen LogP contribution in [0, 0.1) is 0 Å². The maximum Gasteiger partial charge on any atom is 0.333 e. The second-order valence-corrected chi connectivity index (χ2v) is 8.19. The topological polar surface area (TPSA) is 97.3 Å². The Labute approximate surface area is 208 Å². The lowest BCUT2D eigenvalue weighted by atomic mass is 10.1. The Morgan fingerprint density at radius 2 is 1.77 bits per heavy atom. The SMILES string of the molecule is CCCCCCN(CCOc1ccc(CC(OCC)C(=O)O)cc1)C(=O)Nc1cccc(OC)c1. The molecule has 0 fully saturated rings. The fourth-order valence-electron chi connectivity index (χ4n) is 3.58. The first kappa shape index (κ1) is 28.0. The van der Waals surface area contributed by atoms with Gasteiger partial charge < -0.3 is 29.5 Å². The molecule has 0 radical (unpaired) electrons. The van der Waals surface area contributed by atoms with Crippen molar-refractivity contribution in [2.24, 2.45) is 0 Å². The summed E-state index contributed by atoms with van der Waals surface area (Å²) in [6.45, 7) is 5.71. The highest BCUT2D eigenvalue weighted by Crippen LogP contribution is 2.18. The molecule has 192 valence electrons. The standard InChI is InChI=1S/C27H38N2O6/c1-4-6-7-8-16-29(27(32)28-22-10-9-11-24(20-22)33-3)17-18-35-23-14-12-21(13-15-23)19-25(26(30)31)34-5-2/h9-15,20,25H,4-8,16-19H2,1-3H3,(H,28,32)(H,30,31). The second kappa shape index (κ2) is 15.6. The maximum atomic E-state index is 12.9. The molecule has 1 atom stereocenters. The highest BCUT2D eigenvalue weighted by Gasteiger charge is 2.18. The predicted molar refractivity (Wildman–Crippen MR) is 136 cm³/mol. The predicted octanol–water partition coefficient (Wildman–Crippen LogP) is 5.22. The molecule has 2 aromatic carbocycles. The van der Waals surface area contributed by atoms with E-state index in [1.165, 1.54) is 0 Å². The van der Waals surface area contributed by atoms with Gasteiger partial charge in [0.15, 0.2) is 6.10 Å². The van der Waals surface area contributed by atoms with Crippen molar-refractivity contribution in [1.29, 1.82) is 0 Å². The van der Waals surface area contributed by atoms with E-state index in [0.29, 0.717) is 49.9 Å². The van der Waals surface area contributed by atoms with Gasteiger partial charge in [-0.2, -0.15) is 0 Å². The summed E-state index contributed by atoms with van der Waals surface area (Å²) in [4.78, 5) is 26.0. The fourth-order valence-corrected chi connectivity index (χ4v) is 3.58. The number of anilines is 1. The van der Waals surface area contributed by atoms with Crippen molar-refractivity contribution in [3.63, 3.8) is 0 Å². The van der Waals surface area contributed by atoms with Crippen molar-refractivity contribution in [3.05, 3.63) is 54.1 Å². The first-order valence-electron chi connectivity index (χ1n) is 12.2. The minimum atomic E-state index is -0.974. The van der Waals surface area contributed by atoms with Crippen LogP contribution in [0.1, 0.15) is 45.1 Å². The van der Waals surface area contributed by atoms with Gasteiger partial charge >= 0.3 is 12.0 Å². The number of hydrogen-bond acceptors (Lipinski definition) is 5. The summed E-state index contributed by atoms with van der Waals surface area (Å²) in [5.74, 6) is 0.370. The molecule has 2 N–H and O–H groups in total. The summed E-state index contributed by atoms with van der Waals surface area (Å²) in [6, 6.07) is 14.4. The summed E-state index contributed by atoms with van der Waals surface area (Å²) < 4.78 is 16.4. The third-order valence-electron chi connectivity index (χ3n) is 5.51. The highest BCUT2D eigenvalue weighted by atomic mass is 16.5. The van der Waals surface area contributed by atoms with Crippen LogP contribution in [-0.2, 0) is 16.0 Å². The lowest BCUT2D eigenvalue weighted by molar-refractivity contribution is -0.149. The molecule has 1 unspecified atom stereocenters. The highest BCUT2D eigenvalue weighted by molar-refractivity contribution is 5.89. The number of urea groups is 1. The van der Waals surface area contributed by atoms with Crippen LogP contribution in [0.15, 0.2) is 48.5 Å². The molecule has 2 rings (SSSR count). The summed E-state index contributed by atoms with van der Waals surface area (Å²) >= 11 is 0. The minimum Gasteiger partial charge on any atom is -0.497 e. The zero-order chi connectivity index (χ0) is 25.5. The number of ether oxygens (including phenoxy) is 3. The Kier molecular flexibility index (Phi) is 12.5. The van der Waals surface area contributed by atoms with Crippen LogP contribution in [0.4, 0.5) is 10.5 Å². The second-order valence-electron chi connectivity index (χ2n) is 8.19. The molecule has 8 heteroatoms. The molecule has 0 heterocycles. The van der Waals surface area contributed by atoms with Gasteiger partial charge in [0, 0.05) is 31.3 Å². The Balaban J connectivity index is 1.92. The molecular formula is C27H38N2O6. The number of benzene rings is 2. The van der Waals surface area contributed by atoms with Crippen LogP contribution in [0.3, 0.4) is 0 Å². The third kappa shape index (κ3) is 10.3. The number of carbonyl (C=O) groups excluding carboxylic acids is 1. The van der Waals surface area contributed by atoms with Crippen LogP contribution in [0.25, 0.3) is 0 Å². The molecule has 0 aliphatic rings. The zero-order valence-corrected chi connectivity index (χ0v) is 21.0. The summed E-state index contributed by atoms with van der Waals surface area (Å²) in [5.41, 5.74) is 1.53. The monoisotopic (exact) mass is 486 g/mol. The number of nitrogens with one attached hydrogen (secondary N) is 1. The third-order valence-corrected chi connectivity index (χ3v) is 5.51. The number of unbranched alkanes of at least 4 members (excludes halogenated alkanes) is 3. The van der Waals surface area contributed by atoms with Gasteiger partial charge in [-0.05, 0) is 43.2 Å². The molecule has 0 spiro atoms.